The van der Waals surface area contributed by atoms with E-state index in [1.165, 1.54) is 0 Å². The molecule has 2 heterocycles. The third-order valence-corrected chi connectivity index (χ3v) is 2.97. The van der Waals surface area contributed by atoms with Crippen LogP contribution in [0.3, 0.4) is 0 Å². The van der Waals surface area contributed by atoms with Gasteiger partial charge in [0.2, 0.25) is 5.88 Å². The zero-order valence-corrected chi connectivity index (χ0v) is 15.7. The third kappa shape index (κ3) is 6.35. The number of guanidine groups is 1. The molecule has 1 fully saturated rings. The van der Waals surface area contributed by atoms with Gasteiger partial charge in [-0.1, -0.05) is 6.07 Å². The Balaban J connectivity index is 0.00000242. The van der Waals surface area contributed by atoms with Crippen molar-refractivity contribution < 1.29 is 9.47 Å². The Bertz CT molecular complexity index is 479. The normalized spacial score (nSPS) is 16.1. The van der Waals surface area contributed by atoms with Crippen LogP contribution in [-0.4, -0.2) is 47.7 Å². The van der Waals surface area contributed by atoms with Crippen LogP contribution in [-0.2, 0) is 11.3 Å². The molecule has 22 heavy (non-hydrogen) atoms. The smallest absolute Gasteiger partial charge is 0.213 e. The van der Waals surface area contributed by atoms with Gasteiger partial charge in [-0.2, -0.15) is 0 Å². The van der Waals surface area contributed by atoms with Gasteiger partial charge in [0, 0.05) is 25.4 Å². The summed E-state index contributed by atoms with van der Waals surface area (Å²) < 4.78 is 11.0. The average Bonchev–Trinajstić information content (AvgIpc) is 2.45. The van der Waals surface area contributed by atoms with Gasteiger partial charge in [0.25, 0.3) is 0 Å². The average molecular weight is 420 g/mol. The molecule has 0 bridgehead atoms. The number of morpholine rings is 1. The van der Waals surface area contributed by atoms with Gasteiger partial charge in [0.1, 0.15) is 5.60 Å². The summed E-state index contributed by atoms with van der Waals surface area (Å²) in [5, 5.41) is 0. The molecule has 124 valence electrons. The molecule has 1 aromatic heterocycles. The van der Waals surface area contributed by atoms with Gasteiger partial charge in [-0.3, -0.25) is 0 Å². The lowest BCUT2D eigenvalue weighted by Crippen LogP contribution is -2.44. The maximum Gasteiger partial charge on any atom is 0.213 e. The Labute approximate surface area is 149 Å². The molecule has 2 N–H and O–H groups in total. The maximum absolute atomic E-state index is 5.98. The van der Waals surface area contributed by atoms with Crippen LogP contribution in [0.5, 0.6) is 5.88 Å². The van der Waals surface area contributed by atoms with E-state index in [1.807, 2.05) is 37.8 Å². The molecule has 0 saturated carbocycles. The second-order valence-electron chi connectivity index (χ2n) is 5.99. The second-order valence-corrected chi connectivity index (χ2v) is 5.99. The van der Waals surface area contributed by atoms with Crippen LogP contribution in [0.2, 0.25) is 0 Å². The Kier molecular flexibility index (Phi) is 7.34. The number of aromatic nitrogens is 1. The number of nitrogens with two attached hydrogens (primary N) is 1. The Morgan fingerprint density at radius 3 is 2.59 bits per heavy atom. The van der Waals surface area contributed by atoms with Crippen molar-refractivity contribution >= 4 is 29.9 Å². The molecule has 1 aliphatic rings. The van der Waals surface area contributed by atoms with E-state index in [9.17, 15) is 0 Å². The minimum Gasteiger partial charge on any atom is -0.472 e. The van der Waals surface area contributed by atoms with Gasteiger partial charge in [-0.15, -0.1) is 24.0 Å². The molecule has 1 saturated heterocycles. The van der Waals surface area contributed by atoms with Crippen molar-refractivity contribution in [3.8, 4) is 5.88 Å². The predicted octanol–water partition coefficient (Wildman–Crippen LogP) is 2.02. The van der Waals surface area contributed by atoms with Gasteiger partial charge in [-0.25, -0.2) is 9.98 Å². The highest BCUT2D eigenvalue weighted by Crippen LogP contribution is 2.15. The molecule has 0 atom stereocenters. The summed E-state index contributed by atoms with van der Waals surface area (Å²) in [6, 6.07) is 3.82. The molecule has 0 unspecified atom stereocenters. The SMILES string of the molecule is CC(C)(C)Oc1ccc(CN=C(N)N2CCOCC2)cn1.I. The first-order valence-electron chi connectivity index (χ1n) is 7.20. The Hall–Kier alpha value is -1.09. The van der Waals surface area contributed by atoms with Crippen molar-refractivity contribution in [2.45, 2.75) is 32.9 Å². The highest BCUT2D eigenvalue weighted by molar-refractivity contribution is 14.0. The van der Waals surface area contributed by atoms with Crippen LogP contribution in [0.15, 0.2) is 23.3 Å². The number of hydrogen-bond acceptors (Lipinski definition) is 4. The minimum absolute atomic E-state index is 0. The standard InChI is InChI=1S/C15H24N4O2.HI/c1-15(2,3)21-13-5-4-12(10-17-13)11-18-14(16)19-6-8-20-9-7-19;/h4-5,10H,6-9,11H2,1-3H3,(H2,16,18);1H. The van der Waals surface area contributed by atoms with Crippen molar-refractivity contribution in [2.24, 2.45) is 10.7 Å². The van der Waals surface area contributed by atoms with Gasteiger partial charge < -0.3 is 20.1 Å². The zero-order valence-electron chi connectivity index (χ0n) is 13.4. The van der Waals surface area contributed by atoms with E-state index >= 15 is 0 Å². The van der Waals surface area contributed by atoms with Crippen molar-refractivity contribution in [1.82, 2.24) is 9.88 Å². The van der Waals surface area contributed by atoms with Crippen LogP contribution in [0.25, 0.3) is 0 Å². The molecule has 1 aliphatic heterocycles. The number of aliphatic imine (C=N–C) groups is 1. The third-order valence-electron chi connectivity index (χ3n) is 2.97. The summed E-state index contributed by atoms with van der Waals surface area (Å²) in [4.78, 5) is 10.7. The number of rotatable bonds is 3. The molecule has 1 aromatic rings. The van der Waals surface area contributed by atoms with Gasteiger partial charge in [0.15, 0.2) is 5.96 Å². The van der Waals surface area contributed by atoms with Crippen LogP contribution in [0.4, 0.5) is 0 Å². The topological polar surface area (TPSA) is 73.0 Å². The predicted molar refractivity (Wildman–Crippen MR) is 97.8 cm³/mol. The number of pyridine rings is 1. The Morgan fingerprint density at radius 1 is 1.36 bits per heavy atom. The van der Waals surface area contributed by atoms with Crippen LogP contribution in [0, 0.1) is 0 Å². The molecule has 0 aromatic carbocycles. The number of hydrogen-bond donors (Lipinski definition) is 1. The monoisotopic (exact) mass is 420 g/mol. The van der Waals surface area contributed by atoms with Crippen LogP contribution >= 0.6 is 24.0 Å². The first-order valence-corrected chi connectivity index (χ1v) is 7.20. The van der Waals surface area contributed by atoms with E-state index in [0.29, 0.717) is 31.6 Å². The fourth-order valence-electron chi connectivity index (χ4n) is 1.94. The van der Waals surface area contributed by atoms with E-state index < -0.39 is 0 Å². The van der Waals surface area contributed by atoms with Gasteiger partial charge in [0.05, 0.1) is 19.8 Å². The van der Waals surface area contributed by atoms with Crippen LogP contribution in [0.1, 0.15) is 26.3 Å². The zero-order chi connectivity index (χ0) is 15.3. The first kappa shape index (κ1) is 19.0. The molecular weight excluding hydrogens is 395 g/mol. The molecular formula is C15H25IN4O2. The molecule has 2 rings (SSSR count). The van der Waals surface area contributed by atoms with Gasteiger partial charge in [-0.05, 0) is 26.3 Å². The van der Waals surface area contributed by atoms with E-state index in [2.05, 4.69) is 9.98 Å². The summed E-state index contributed by atoms with van der Waals surface area (Å²) in [6.07, 6.45) is 1.77. The molecule has 0 amide bonds. The summed E-state index contributed by atoms with van der Waals surface area (Å²) in [7, 11) is 0. The van der Waals surface area contributed by atoms with Gasteiger partial charge >= 0.3 is 0 Å². The fourth-order valence-corrected chi connectivity index (χ4v) is 1.94. The molecule has 7 heteroatoms. The van der Waals surface area contributed by atoms with E-state index in [4.69, 9.17) is 15.2 Å². The highest BCUT2D eigenvalue weighted by Gasteiger charge is 2.13. The van der Waals surface area contributed by atoms with E-state index in [0.717, 1.165) is 18.7 Å². The van der Waals surface area contributed by atoms with E-state index in [-0.39, 0.29) is 29.6 Å². The molecule has 0 aliphatic carbocycles. The molecule has 0 radical (unpaired) electrons. The van der Waals surface area contributed by atoms with Crippen molar-refractivity contribution in [3.05, 3.63) is 23.9 Å². The molecule has 6 nitrogen and oxygen atoms in total. The van der Waals surface area contributed by atoms with Crippen molar-refractivity contribution in [2.75, 3.05) is 26.3 Å². The number of nitrogens with zero attached hydrogens (tertiary/aromatic N) is 3. The van der Waals surface area contributed by atoms with Crippen molar-refractivity contribution in [1.29, 1.82) is 0 Å². The molecule has 0 spiro atoms. The second kappa shape index (κ2) is 8.52. The minimum atomic E-state index is -0.243. The number of ether oxygens (including phenoxy) is 2. The lowest BCUT2D eigenvalue weighted by atomic mass is 10.2. The maximum atomic E-state index is 5.98. The first-order chi connectivity index (χ1) is 9.94. The summed E-state index contributed by atoms with van der Waals surface area (Å²) in [5.41, 5.74) is 6.75. The van der Waals surface area contributed by atoms with E-state index in [1.54, 1.807) is 6.20 Å². The van der Waals surface area contributed by atoms with Crippen LogP contribution < -0.4 is 10.5 Å². The summed E-state index contributed by atoms with van der Waals surface area (Å²) in [6.45, 7) is 9.51. The Morgan fingerprint density at radius 2 is 2.05 bits per heavy atom. The highest BCUT2D eigenvalue weighted by atomic mass is 127. The summed E-state index contributed by atoms with van der Waals surface area (Å²) >= 11 is 0. The number of halogens is 1. The lowest BCUT2D eigenvalue weighted by molar-refractivity contribution is 0.0674. The van der Waals surface area contributed by atoms with Crippen molar-refractivity contribution in [3.63, 3.8) is 0 Å². The fraction of sp³-hybridized carbons (Fsp3) is 0.600. The lowest BCUT2D eigenvalue weighted by Gasteiger charge is -2.27. The summed E-state index contributed by atoms with van der Waals surface area (Å²) in [5.74, 6) is 1.18. The largest absolute Gasteiger partial charge is 0.472 e. The quantitative estimate of drug-likeness (QED) is 0.460.